The van der Waals surface area contributed by atoms with Gasteiger partial charge in [0.1, 0.15) is 11.2 Å². The minimum atomic E-state index is -3.85. The van der Waals surface area contributed by atoms with Crippen LogP contribution in [0.5, 0.6) is 5.75 Å². The quantitative estimate of drug-likeness (QED) is 0.799. The van der Waals surface area contributed by atoms with Crippen LogP contribution in [0.15, 0.2) is 53.4 Å². The molecule has 2 aromatic carbocycles. The molecule has 2 aromatic rings. The summed E-state index contributed by atoms with van der Waals surface area (Å²) in [5.41, 5.74) is 5.79. The summed E-state index contributed by atoms with van der Waals surface area (Å²) in [6, 6.07) is 13.2. The Morgan fingerprint density at radius 1 is 1.15 bits per heavy atom. The highest BCUT2D eigenvalue weighted by molar-refractivity contribution is 7.92. The van der Waals surface area contributed by atoms with Crippen LogP contribution in [0.2, 0.25) is 0 Å². The number of methoxy groups -OCH3 is 1. The van der Waals surface area contributed by atoms with Crippen molar-refractivity contribution in [3.8, 4) is 5.75 Å². The highest BCUT2D eigenvalue weighted by Gasteiger charge is 2.75. The molecule has 1 saturated carbocycles. The van der Waals surface area contributed by atoms with E-state index in [2.05, 4.69) is 0 Å². The molecule has 3 atom stereocenters. The van der Waals surface area contributed by atoms with Crippen LogP contribution in [-0.4, -0.2) is 38.4 Å². The number of sulfone groups is 1. The van der Waals surface area contributed by atoms with E-state index in [4.69, 9.17) is 10.5 Å². The fraction of sp³-hybridized carbons (Fsp3) is 0.316. The van der Waals surface area contributed by atoms with Crippen LogP contribution >= 0.6 is 0 Å². The molecule has 1 fully saturated rings. The Morgan fingerprint density at radius 3 is 2.19 bits per heavy atom. The summed E-state index contributed by atoms with van der Waals surface area (Å²) in [6.45, 7) is 1.60. The average molecular weight is 375 g/mol. The first-order valence-corrected chi connectivity index (χ1v) is 9.71. The summed E-state index contributed by atoms with van der Waals surface area (Å²) >= 11 is 0. The van der Waals surface area contributed by atoms with Gasteiger partial charge in [-0.1, -0.05) is 29.8 Å². The van der Waals surface area contributed by atoms with E-state index < -0.39 is 32.4 Å². The lowest BCUT2D eigenvalue weighted by molar-refractivity contribution is -0.143. The van der Waals surface area contributed by atoms with Crippen molar-refractivity contribution in [1.82, 2.24) is 0 Å². The molecule has 138 valence electrons. The Balaban J connectivity index is 2.08. The van der Waals surface area contributed by atoms with Crippen molar-refractivity contribution >= 4 is 15.8 Å². The van der Waals surface area contributed by atoms with Crippen molar-refractivity contribution < 1.29 is 23.1 Å². The molecule has 0 aromatic heterocycles. The summed E-state index contributed by atoms with van der Waals surface area (Å²) in [6.07, 6.45) is 0. The highest BCUT2D eigenvalue weighted by atomic mass is 32.2. The summed E-state index contributed by atoms with van der Waals surface area (Å²) in [4.78, 5) is 12.1. The number of benzene rings is 2. The van der Waals surface area contributed by atoms with E-state index in [0.29, 0.717) is 11.3 Å². The lowest BCUT2D eigenvalue weighted by Crippen LogP contribution is -2.31. The van der Waals surface area contributed by atoms with Crippen molar-refractivity contribution in [2.75, 3.05) is 13.7 Å². The van der Waals surface area contributed by atoms with Crippen LogP contribution in [0.4, 0.5) is 0 Å². The SMILES string of the molecule is COc1ccc([C@H]2[C@@H](S(=O)(=O)c3ccc(C)cc3)[C@@]2(CN)C(=O)O)cc1. The second-order valence-corrected chi connectivity index (χ2v) is 8.65. The summed E-state index contributed by atoms with van der Waals surface area (Å²) in [5.74, 6) is -1.29. The molecular weight excluding hydrogens is 354 g/mol. The Labute approximate surface area is 152 Å². The lowest BCUT2D eigenvalue weighted by Gasteiger charge is -2.10. The maximum absolute atomic E-state index is 13.1. The van der Waals surface area contributed by atoms with E-state index in [9.17, 15) is 18.3 Å². The number of aliphatic carboxylic acids is 1. The maximum atomic E-state index is 13.1. The molecule has 0 spiro atoms. The molecule has 1 aliphatic carbocycles. The van der Waals surface area contributed by atoms with Gasteiger partial charge in [0.25, 0.3) is 0 Å². The van der Waals surface area contributed by atoms with Crippen LogP contribution in [-0.2, 0) is 14.6 Å². The second kappa shape index (κ2) is 6.41. The number of hydrogen-bond donors (Lipinski definition) is 2. The summed E-state index contributed by atoms with van der Waals surface area (Å²) in [7, 11) is -2.33. The topological polar surface area (TPSA) is 107 Å². The van der Waals surface area contributed by atoms with Crippen molar-refractivity contribution in [3.63, 3.8) is 0 Å². The number of carbonyl (C=O) groups is 1. The van der Waals surface area contributed by atoms with Gasteiger partial charge in [-0.05, 0) is 36.8 Å². The van der Waals surface area contributed by atoms with E-state index in [-0.39, 0.29) is 11.4 Å². The average Bonchev–Trinajstić information content (AvgIpc) is 3.34. The zero-order valence-corrected chi connectivity index (χ0v) is 15.4. The molecule has 3 rings (SSSR count). The van der Waals surface area contributed by atoms with Crippen LogP contribution in [0, 0.1) is 12.3 Å². The molecule has 6 nitrogen and oxygen atoms in total. The minimum absolute atomic E-state index is 0.114. The van der Waals surface area contributed by atoms with Crippen molar-refractivity contribution in [2.45, 2.75) is 23.0 Å². The number of carboxylic acid groups (broad SMARTS) is 1. The van der Waals surface area contributed by atoms with E-state index in [1.165, 1.54) is 19.2 Å². The fourth-order valence-electron chi connectivity index (χ4n) is 3.60. The smallest absolute Gasteiger partial charge is 0.312 e. The standard InChI is InChI=1S/C19H21NO5S/c1-12-3-9-15(10-4-12)26(23,24)17-16(19(17,11-20)18(21)22)13-5-7-14(25-2)8-6-13/h3-10,16-17H,11,20H2,1-2H3,(H,21,22)/t16-,17+,19-/m0/s1. The molecule has 0 saturated heterocycles. The Morgan fingerprint density at radius 2 is 1.73 bits per heavy atom. The van der Waals surface area contributed by atoms with Crippen LogP contribution in [0.25, 0.3) is 0 Å². The van der Waals surface area contributed by atoms with E-state index >= 15 is 0 Å². The van der Waals surface area contributed by atoms with Gasteiger partial charge in [0.2, 0.25) is 0 Å². The van der Waals surface area contributed by atoms with Gasteiger partial charge in [0.15, 0.2) is 9.84 Å². The molecule has 0 unspecified atom stereocenters. The maximum Gasteiger partial charge on any atom is 0.312 e. The Hall–Kier alpha value is -2.38. The molecule has 0 bridgehead atoms. The van der Waals surface area contributed by atoms with Gasteiger partial charge in [-0.2, -0.15) is 0 Å². The third-order valence-corrected chi connectivity index (χ3v) is 7.44. The number of ether oxygens (including phenoxy) is 1. The van der Waals surface area contributed by atoms with Gasteiger partial charge in [0, 0.05) is 12.5 Å². The van der Waals surface area contributed by atoms with Crippen LogP contribution in [0.3, 0.4) is 0 Å². The molecule has 0 heterocycles. The van der Waals surface area contributed by atoms with Gasteiger partial charge in [-0.15, -0.1) is 0 Å². The number of hydrogen-bond acceptors (Lipinski definition) is 5. The summed E-state index contributed by atoms with van der Waals surface area (Å²) < 4.78 is 31.4. The molecule has 0 amide bonds. The molecule has 3 N–H and O–H groups in total. The molecule has 0 radical (unpaired) electrons. The van der Waals surface area contributed by atoms with Gasteiger partial charge >= 0.3 is 5.97 Å². The first kappa shape index (κ1) is 18.4. The monoisotopic (exact) mass is 375 g/mol. The zero-order chi connectivity index (χ0) is 19.1. The first-order chi connectivity index (χ1) is 12.3. The normalized spacial score (nSPS) is 24.9. The second-order valence-electron chi connectivity index (χ2n) is 6.58. The predicted molar refractivity (Wildman–Crippen MR) is 97.0 cm³/mol. The third kappa shape index (κ3) is 2.68. The zero-order valence-electron chi connectivity index (χ0n) is 14.5. The largest absolute Gasteiger partial charge is 0.497 e. The van der Waals surface area contributed by atoms with Gasteiger partial charge in [0.05, 0.1) is 17.3 Å². The van der Waals surface area contributed by atoms with Crippen molar-refractivity contribution in [3.05, 3.63) is 59.7 Å². The van der Waals surface area contributed by atoms with E-state index in [1.807, 2.05) is 6.92 Å². The van der Waals surface area contributed by atoms with E-state index in [0.717, 1.165) is 5.56 Å². The number of nitrogens with two attached hydrogens (primary N) is 1. The number of rotatable bonds is 6. The minimum Gasteiger partial charge on any atom is -0.497 e. The summed E-state index contributed by atoms with van der Waals surface area (Å²) in [5, 5.41) is 8.69. The Bertz CT molecular complexity index is 921. The van der Waals surface area contributed by atoms with Gasteiger partial charge in [-0.25, -0.2) is 8.42 Å². The predicted octanol–water partition coefficient (Wildman–Crippen LogP) is 1.97. The Kier molecular flexibility index (Phi) is 4.54. The number of aryl methyl sites for hydroxylation is 1. The lowest BCUT2D eigenvalue weighted by atomic mass is 9.99. The third-order valence-electron chi connectivity index (χ3n) is 5.15. The van der Waals surface area contributed by atoms with Crippen molar-refractivity contribution in [2.24, 2.45) is 11.1 Å². The van der Waals surface area contributed by atoms with Crippen molar-refractivity contribution in [1.29, 1.82) is 0 Å². The number of carboxylic acids is 1. The molecule has 26 heavy (non-hydrogen) atoms. The van der Waals surface area contributed by atoms with Gasteiger partial charge in [-0.3, -0.25) is 4.79 Å². The first-order valence-electron chi connectivity index (χ1n) is 8.17. The molecule has 1 aliphatic rings. The van der Waals surface area contributed by atoms with E-state index in [1.54, 1.807) is 36.4 Å². The highest BCUT2D eigenvalue weighted by Crippen LogP contribution is 2.63. The molecule has 7 heteroatoms. The van der Waals surface area contributed by atoms with Crippen LogP contribution in [0.1, 0.15) is 17.0 Å². The molecule has 0 aliphatic heterocycles. The van der Waals surface area contributed by atoms with Crippen LogP contribution < -0.4 is 10.5 Å². The molecular formula is C19H21NO5S. The van der Waals surface area contributed by atoms with Gasteiger partial charge < -0.3 is 15.6 Å². The fourth-order valence-corrected chi connectivity index (χ4v) is 5.99.